The average molecular weight is 267 g/mol. The van der Waals surface area contributed by atoms with Gasteiger partial charge in [-0.1, -0.05) is 6.92 Å². The highest BCUT2D eigenvalue weighted by Crippen LogP contribution is 2.34. The van der Waals surface area contributed by atoms with E-state index >= 15 is 0 Å². The number of benzene rings is 1. The van der Waals surface area contributed by atoms with E-state index in [2.05, 4.69) is 30.6 Å². The highest BCUT2D eigenvalue weighted by atomic mass is 32.2. The third-order valence-electron chi connectivity index (χ3n) is 3.29. The normalized spacial score (nSPS) is 19.8. The van der Waals surface area contributed by atoms with Crippen molar-refractivity contribution in [1.29, 1.82) is 0 Å². The fraction of sp³-hybridized carbons (Fsp3) is 0.571. The second-order valence-corrected chi connectivity index (χ2v) is 5.17. The van der Waals surface area contributed by atoms with Crippen LogP contribution in [0.2, 0.25) is 0 Å². The second kappa shape index (κ2) is 6.45. The van der Waals surface area contributed by atoms with Crippen molar-refractivity contribution in [3.05, 3.63) is 23.3 Å². The van der Waals surface area contributed by atoms with Crippen LogP contribution in [0.25, 0.3) is 0 Å². The van der Waals surface area contributed by atoms with Crippen LogP contribution < -0.4 is 10.1 Å². The van der Waals surface area contributed by atoms with Crippen molar-refractivity contribution in [2.24, 2.45) is 0 Å². The predicted octanol–water partition coefficient (Wildman–Crippen LogP) is 2.64. The highest BCUT2D eigenvalue weighted by molar-refractivity contribution is 7.98. The lowest BCUT2D eigenvalue weighted by atomic mass is 10.0. The Morgan fingerprint density at radius 1 is 1.50 bits per heavy atom. The molecular weight excluding hydrogens is 246 g/mol. The summed E-state index contributed by atoms with van der Waals surface area (Å²) in [7, 11) is 1.73. The number of ether oxygens (including phenoxy) is 2. The standard InChI is InChI=1S/C14H21NO2S/c1-4-10-7-12(16-2)11(8-14(10)18-3)13-9-15-5-6-17-13/h7-8,13,15H,4-6,9H2,1-3H3. The maximum atomic E-state index is 5.83. The third kappa shape index (κ3) is 2.82. The summed E-state index contributed by atoms with van der Waals surface area (Å²) < 4.78 is 11.4. The van der Waals surface area contributed by atoms with E-state index in [4.69, 9.17) is 9.47 Å². The molecule has 1 aromatic rings. The lowest BCUT2D eigenvalue weighted by molar-refractivity contribution is 0.0261. The fourth-order valence-electron chi connectivity index (χ4n) is 2.28. The zero-order valence-electron chi connectivity index (χ0n) is 11.3. The number of methoxy groups -OCH3 is 1. The van der Waals surface area contributed by atoms with Gasteiger partial charge in [-0.05, 0) is 30.4 Å². The molecule has 0 saturated carbocycles. The van der Waals surface area contributed by atoms with Gasteiger partial charge < -0.3 is 14.8 Å². The number of rotatable bonds is 4. The van der Waals surface area contributed by atoms with Crippen molar-refractivity contribution in [3.8, 4) is 5.75 Å². The van der Waals surface area contributed by atoms with Gasteiger partial charge >= 0.3 is 0 Å². The molecule has 3 nitrogen and oxygen atoms in total. The second-order valence-electron chi connectivity index (χ2n) is 4.32. The van der Waals surface area contributed by atoms with Crippen molar-refractivity contribution >= 4 is 11.8 Å². The van der Waals surface area contributed by atoms with Crippen LogP contribution in [-0.2, 0) is 11.2 Å². The number of nitrogens with one attached hydrogen (secondary N) is 1. The van der Waals surface area contributed by atoms with E-state index in [1.54, 1.807) is 18.9 Å². The Morgan fingerprint density at radius 3 is 2.89 bits per heavy atom. The zero-order valence-corrected chi connectivity index (χ0v) is 12.1. The Labute approximate surface area is 113 Å². The average Bonchev–Trinajstić information content (AvgIpc) is 2.46. The Hall–Kier alpha value is -0.710. The molecule has 1 unspecified atom stereocenters. The van der Waals surface area contributed by atoms with E-state index in [0.29, 0.717) is 0 Å². The first-order valence-corrected chi connectivity index (χ1v) is 7.59. The monoisotopic (exact) mass is 267 g/mol. The van der Waals surface area contributed by atoms with Gasteiger partial charge in [0.15, 0.2) is 0 Å². The zero-order chi connectivity index (χ0) is 13.0. The van der Waals surface area contributed by atoms with Gasteiger partial charge in [-0.25, -0.2) is 0 Å². The maximum Gasteiger partial charge on any atom is 0.125 e. The lowest BCUT2D eigenvalue weighted by Gasteiger charge is -2.26. The molecular formula is C14H21NO2S. The summed E-state index contributed by atoms with van der Waals surface area (Å²) in [5.74, 6) is 0.943. The topological polar surface area (TPSA) is 30.5 Å². The molecule has 0 aliphatic carbocycles. The minimum Gasteiger partial charge on any atom is -0.496 e. The number of morpholine rings is 1. The van der Waals surface area contributed by atoms with Gasteiger partial charge in [0.05, 0.1) is 19.8 Å². The molecule has 0 aromatic heterocycles. The van der Waals surface area contributed by atoms with Gasteiger partial charge in [0.2, 0.25) is 0 Å². The van der Waals surface area contributed by atoms with Crippen LogP contribution in [0, 0.1) is 0 Å². The Kier molecular flexibility index (Phi) is 4.92. The van der Waals surface area contributed by atoms with Crippen LogP contribution in [-0.4, -0.2) is 33.1 Å². The van der Waals surface area contributed by atoms with Crippen molar-refractivity contribution in [2.45, 2.75) is 24.3 Å². The van der Waals surface area contributed by atoms with Crippen LogP contribution in [0.3, 0.4) is 0 Å². The van der Waals surface area contributed by atoms with Gasteiger partial charge in [0.1, 0.15) is 5.75 Å². The molecule has 1 heterocycles. The van der Waals surface area contributed by atoms with E-state index in [-0.39, 0.29) is 6.10 Å². The minimum atomic E-state index is 0.102. The molecule has 0 bridgehead atoms. The van der Waals surface area contributed by atoms with E-state index in [0.717, 1.165) is 37.4 Å². The summed E-state index contributed by atoms with van der Waals surface area (Å²) in [6.07, 6.45) is 3.24. The van der Waals surface area contributed by atoms with Crippen molar-refractivity contribution in [2.75, 3.05) is 33.1 Å². The van der Waals surface area contributed by atoms with E-state index in [1.807, 2.05) is 0 Å². The lowest BCUT2D eigenvalue weighted by Crippen LogP contribution is -2.33. The maximum absolute atomic E-state index is 5.83. The number of hydrogen-bond acceptors (Lipinski definition) is 4. The van der Waals surface area contributed by atoms with Crippen LogP contribution in [0.15, 0.2) is 17.0 Å². The largest absolute Gasteiger partial charge is 0.496 e. The quantitative estimate of drug-likeness (QED) is 0.850. The van der Waals surface area contributed by atoms with Gasteiger partial charge in [0.25, 0.3) is 0 Å². The molecule has 0 spiro atoms. The van der Waals surface area contributed by atoms with E-state index < -0.39 is 0 Å². The van der Waals surface area contributed by atoms with Gasteiger partial charge in [-0.15, -0.1) is 11.8 Å². The van der Waals surface area contributed by atoms with Crippen LogP contribution >= 0.6 is 11.8 Å². The van der Waals surface area contributed by atoms with Gasteiger partial charge in [0, 0.05) is 23.5 Å². The molecule has 0 amide bonds. The first-order valence-electron chi connectivity index (χ1n) is 6.37. The molecule has 4 heteroatoms. The molecule has 100 valence electrons. The number of thioether (sulfide) groups is 1. The summed E-state index contributed by atoms with van der Waals surface area (Å²) in [6.45, 7) is 4.72. The van der Waals surface area contributed by atoms with Crippen LogP contribution in [0.1, 0.15) is 24.2 Å². The molecule has 1 aromatic carbocycles. The smallest absolute Gasteiger partial charge is 0.125 e. The van der Waals surface area contributed by atoms with E-state index in [9.17, 15) is 0 Å². The predicted molar refractivity (Wildman–Crippen MR) is 75.7 cm³/mol. The van der Waals surface area contributed by atoms with E-state index in [1.165, 1.54) is 10.5 Å². The summed E-state index contributed by atoms with van der Waals surface area (Å²) >= 11 is 1.79. The molecule has 18 heavy (non-hydrogen) atoms. The molecule has 1 aliphatic rings. The molecule has 1 aliphatic heterocycles. The molecule has 1 N–H and O–H groups in total. The molecule has 0 radical (unpaired) electrons. The fourth-order valence-corrected chi connectivity index (χ4v) is 2.99. The Balaban J connectivity index is 2.37. The van der Waals surface area contributed by atoms with Crippen molar-refractivity contribution in [1.82, 2.24) is 5.32 Å². The Morgan fingerprint density at radius 2 is 2.33 bits per heavy atom. The number of aryl methyl sites for hydroxylation is 1. The third-order valence-corrected chi connectivity index (χ3v) is 4.11. The molecule has 2 rings (SSSR count). The van der Waals surface area contributed by atoms with Gasteiger partial charge in [-0.3, -0.25) is 0 Å². The molecule has 1 saturated heterocycles. The van der Waals surface area contributed by atoms with Gasteiger partial charge in [-0.2, -0.15) is 0 Å². The molecule has 1 atom stereocenters. The minimum absolute atomic E-state index is 0.102. The Bertz CT molecular complexity index is 403. The van der Waals surface area contributed by atoms with Crippen LogP contribution in [0.5, 0.6) is 5.75 Å². The number of hydrogen-bond donors (Lipinski definition) is 1. The summed E-state index contributed by atoms with van der Waals surface area (Å²) in [5, 5.41) is 3.36. The summed E-state index contributed by atoms with van der Waals surface area (Å²) in [4.78, 5) is 1.32. The van der Waals surface area contributed by atoms with Crippen molar-refractivity contribution in [3.63, 3.8) is 0 Å². The van der Waals surface area contributed by atoms with Crippen molar-refractivity contribution < 1.29 is 9.47 Å². The highest BCUT2D eigenvalue weighted by Gasteiger charge is 2.21. The molecule has 1 fully saturated rings. The summed E-state index contributed by atoms with van der Waals surface area (Å²) in [6, 6.07) is 4.37. The summed E-state index contributed by atoms with van der Waals surface area (Å²) in [5.41, 5.74) is 2.50. The first kappa shape index (κ1) is 13.7. The van der Waals surface area contributed by atoms with Crippen LogP contribution in [0.4, 0.5) is 0 Å². The SMILES string of the molecule is CCc1cc(OC)c(C2CNCCO2)cc1SC. The first-order chi connectivity index (χ1) is 8.80.